The zero-order valence-corrected chi connectivity index (χ0v) is 21.4. The van der Waals surface area contributed by atoms with Crippen LogP contribution in [0.15, 0.2) is 55.4 Å². The summed E-state index contributed by atoms with van der Waals surface area (Å²) >= 11 is 0. The number of hydrogen-bond acceptors (Lipinski definition) is 5. The van der Waals surface area contributed by atoms with E-state index in [0.717, 1.165) is 17.5 Å². The first-order valence-corrected chi connectivity index (χ1v) is 12.5. The molecule has 3 aromatic rings. The van der Waals surface area contributed by atoms with E-state index in [1.807, 2.05) is 29.8 Å². The maximum absolute atomic E-state index is 14.1. The summed E-state index contributed by atoms with van der Waals surface area (Å²) in [5.41, 5.74) is 0.770. The number of anilines is 1. The molecule has 5 rings (SSSR count). The molecule has 1 N–H and O–H groups in total. The van der Waals surface area contributed by atoms with Gasteiger partial charge in [-0.15, -0.1) is 16.8 Å². The predicted octanol–water partition coefficient (Wildman–Crippen LogP) is 4.75. The Morgan fingerprint density at radius 2 is 2.05 bits per heavy atom. The first kappa shape index (κ1) is 26.1. The number of nitrogens with one attached hydrogen (secondary N) is 1. The molecule has 1 aliphatic heterocycles. The Bertz CT molecular complexity index is 1360. The number of fused-ring (bicyclic) bond motifs is 1. The molecule has 0 radical (unpaired) electrons. The summed E-state index contributed by atoms with van der Waals surface area (Å²) in [5, 5.41) is 11.5. The van der Waals surface area contributed by atoms with Crippen LogP contribution in [0.5, 0.6) is 0 Å². The molecular weight excluding hydrogens is 495 g/mol. The second-order valence-corrected chi connectivity index (χ2v) is 9.98. The molecule has 2 heterocycles. The number of nitrogens with zero attached hydrogens (tertiary/aromatic N) is 4. The van der Waals surface area contributed by atoms with Crippen LogP contribution in [0.4, 0.5) is 18.9 Å². The molecule has 38 heavy (non-hydrogen) atoms. The lowest BCUT2D eigenvalue weighted by Gasteiger charge is -2.46. The van der Waals surface area contributed by atoms with Crippen molar-refractivity contribution in [2.45, 2.75) is 50.0 Å². The number of rotatable bonds is 9. The van der Waals surface area contributed by atoms with E-state index in [4.69, 9.17) is 4.74 Å². The number of hydrogen-bond donors (Lipinski definition) is 1. The zero-order valence-electron chi connectivity index (χ0n) is 21.4. The average molecular weight is 526 g/mol. The van der Waals surface area contributed by atoms with Crippen LogP contribution in [0.3, 0.4) is 0 Å². The average Bonchev–Trinajstić information content (AvgIpc) is 3.44. The lowest BCUT2D eigenvalue weighted by Crippen LogP contribution is -2.48. The van der Waals surface area contributed by atoms with Crippen LogP contribution >= 0.6 is 0 Å². The Morgan fingerprint density at radius 3 is 2.71 bits per heavy atom. The summed E-state index contributed by atoms with van der Waals surface area (Å²) in [5.74, 6) is 0.346. The number of halogens is 3. The van der Waals surface area contributed by atoms with E-state index in [-0.39, 0.29) is 30.3 Å². The smallest absolute Gasteiger partial charge is 0.381 e. The molecule has 2 aromatic carbocycles. The lowest BCUT2D eigenvalue weighted by atomic mass is 9.62. The van der Waals surface area contributed by atoms with Gasteiger partial charge in [0.2, 0.25) is 0 Å². The van der Waals surface area contributed by atoms with Crippen molar-refractivity contribution in [1.82, 2.24) is 20.1 Å². The van der Waals surface area contributed by atoms with Crippen molar-refractivity contribution >= 4 is 11.6 Å². The van der Waals surface area contributed by atoms with Crippen LogP contribution in [0.25, 0.3) is 0 Å². The quantitative estimate of drug-likeness (QED) is 0.322. The van der Waals surface area contributed by atoms with Crippen LogP contribution in [0, 0.1) is 0 Å². The Hall–Kier alpha value is -3.50. The number of aryl methyl sites for hydroxylation is 1. The first-order chi connectivity index (χ1) is 18.2. The number of benzene rings is 2. The highest BCUT2D eigenvalue weighted by Crippen LogP contribution is 2.50. The van der Waals surface area contributed by atoms with E-state index in [1.54, 1.807) is 31.6 Å². The standard InChI is InChI=1S/C28H30F3N5O2/c1-4-5-9-32-15-18-10-22-23(24(11-18)28(29,30)31)16-36(25(22)37)20-8-6-7-19(12-20)27(13-21(14-27)38-3)26-34-33-17-35(26)2/h4,6-8,10-12,17,21,32H,1,5,9,13-16H2,2-3H3. The Morgan fingerprint density at radius 1 is 1.26 bits per heavy atom. The van der Waals surface area contributed by atoms with Crippen molar-refractivity contribution in [1.29, 1.82) is 0 Å². The summed E-state index contributed by atoms with van der Waals surface area (Å²) in [6.07, 6.45) is 0.934. The fraction of sp³-hybridized carbons (Fsp3) is 0.393. The van der Waals surface area contributed by atoms with E-state index in [2.05, 4.69) is 22.1 Å². The van der Waals surface area contributed by atoms with Gasteiger partial charge in [-0.1, -0.05) is 18.2 Å². The second-order valence-electron chi connectivity index (χ2n) is 9.98. The lowest BCUT2D eigenvalue weighted by molar-refractivity contribution is -0.138. The molecule has 1 amide bonds. The molecule has 1 saturated carbocycles. The Balaban J connectivity index is 1.49. The minimum Gasteiger partial charge on any atom is -0.381 e. The van der Waals surface area contributed by atoms with Gasteiger partial charge >= 0.3 is 6.18 Å². The molecule has 1 aliphatic carbocycles. The van der Waals surface area contributed by atoms with Crippen molar-refractivity contribution in [2.75, 3.05) is 18.6 Å². The minimum atomic E-state index is -4.57. The van der Waals surface area contributed by atoms with Crippen molar-refractivity contribution < 1.29 is 22.7 Å². The summed E-state index contributed by atoms with van der Waals surface area (Å²) in [4.78, 5) is 14.9. The molecule has 1 aromatic heterocycles. The monoisotopic (exact) mass is 525 g/mol. The number of aromatic nitrogens is 3. The summed E-state index contributed by atoms with van der Waals surface area (Å²) in [7, 11) is 3.55. The first-order valence-electron chi connectivity index (χ1n) is 12.5. The molecular formula is C28H30F3N5O2. The van der Waals surface area contributed by atoms with Gasteiger partial charge in [0.05, 0.1) is 23.6 Å². The third kappa shape index (κ3) is 4.52. The van der Waals surface area contributed by atoms with Crippen molar-refractivity contribution in [2.24, 2.45) is 7.05 Å². The third-order valence-electron chi connectivity index (χ3n) is 7.60. The molecule has 0 unspecified atom stereocenters. The van der Waals surface area contributed by atoms with Crippen molar-refractivity contribution in [3.8, 4) is 0 Å². The van der Waals surface area contributed by atoms with E-state index >= 15 is 0 Å². The molecule has 200 valence electrons. The van der Waals surface area contributed by atoms with Crippen LogP contribution in [-0.4, -0.2) is 40.4 Å². The maximum Gasteiger partial charge on any atom is 0.416 e. The highest BCUT2D eigenvalue weighted by Gasteiger charge is 2.50. The molecule has 0 atom stereocenters. The molecule has 10 heteroatoms. The van der Waals surface area contributed by atoms with E-state index in [1.165, 1.54) is 4.90 Å². The van der Waals surface area contributed by atoms with Gasteiger partial charge in [-0.05, 0) is 66.8 Å². The zero-order chi connectivity index (χ0) is 27.1. The largest absolute Gasteiger partial charge is 0.416 e. The van der Waals surface area contributed by atoms with Gasteiger partial charge in [0.1, 0.15) is 12.2 Å². The molecule has 7 nitrogen and oxygen atoms in total. The molecule has 1 fully saturated rings. The van der Waals surface area contributed by atoms with Crippen LogP contribution in [0.2, 0.25) is 0 Å². The van der Waals surface area contributed by atoms with Gasteiger partial charge in [0.25, 0.3) is 5.91 Å². The summed E-state index contributed by atoms with van der Waals surface area (Å²) < 4.78 is 49.6. The topological polar surface area (TPSA) is 72.3 Å². The molecule has 0 bridgehead atoms. The highest BCUT2D eigenvalue weighted by molar-refractivity contribution is 6.10. The fourth-order valence-electron chi connectivity index (χ4n) is 5.59. The van der Waals surface area contributed by atoms with E-state index < -0.39 is 23.1 Å². The second kappa shape index (κ2) is 9.99. The van der Waals surface area contributed by atoms with Crippen molar-refractivity contribution in [3.63, 3.8) is 0 Å². The number of amides is 1. The summed E-state index contributed by atoms with van der Waals surface area (Å²) in [6.45, 7) is 4.32. The number of carbonyl (C=O) groups is 1. The molecule has 0 saturated heterocycles. The SMILES string of the molecule is C=CCCNCc1cc2c(c(C(F)(F)F)c1)CN(c1cccc(C3(c4nncn4C)CC(OC)C3)c1)C2=O. The van der Waals surface area contributed by atoms with Gasteiger partial charge in [0, 0.05) is 32.0 Å². The normalized spacial score (nSPS) is 20.9. The van der Waals surface area contributed by atoms with Gasteiger partial charge < -0.3 is 19.5 Å². The number of methoxy groups -OCH3 is 1. The number of ether oxygens (including phenoxy) is 1. The van der Waals surface area contributed by atoms with E-state index in [9.17, 15) is 18.0 Å². The Labute approximate surface area is 219 Å². The minimum absolute atomic E-state index is 0.00819. The summed E-state index contributed by atoms with van der Waals surface area (Å²) in [6, 6.07) is 10.2. The number of alkyl halides is 3. The van der Waals surface area contributed by atoms with Crippen LogP contribution in [-0.2, 0) is 36.5 Å². The predicted molar refractivity (Wildman–Crippen MR) is 137 cm³/mol. The molecule has 0 spiro atoms. The fourth-order valence-corrected chi connectivity index (χ4v) is 5.59. The van der Waals surface area contributed by atoms with Gasteiger partial charge in [-0.25, -0.2) is 0 Å². The Kier molecular flexibility index (Phi) is 6.87. The third-order valence-corrected chi connectivity index (χ3v) is 7.60. The maximum atomic E-state index is 14.1. The van der Waals surface area contributed by atoms with Gasteiger partial charge in [-0.2, -0.15) is 13.2 Å². The number of carbonyl (C=O) groups excluding carboxylic acids is 1. The van der Waals surface area contributed by atoms with Gasteiger partial charge in [-0.3, -0.25) is 4.79 Å². The van der Waals surface area contributed by atoms with Gasteiger partial charge in [0.15, 0.2) is 0 Å². The van der Waals surface area contributed by atoms with Crippen molar-refractivity contribution in [3.05, 3.63) is 89.0 Å². The van der Waals surface area contributed by atoms with Crippen LogP contribution < -0.4 is 10.2 Å². The molecule has 2 aliphatic rings. The van der Waals surface area contributed by atoms with Crippen LogP contribution in [0.1, 0.15) is 57.7 Å². The highest BCUT2D eigenvalue weighted by atomic mass is 19.4. The van der Waals surface area contributed by atoms with E-state index in [0.29, 0.717) is 37.1 Å².